The van der Waals surface area contributed by atoms with Crippen molar-refractivity contribution in [2.24, 2.45) is 12.9 Å². The van der Waals surface area contributed by atoms with E-state index in [0.717, 1.165) is 16.8 Å². The second-order valence-corrected chi connectivity index (χ2v) is 4.54. The molecule has 2 aromatic heterocycles. The predicted molar refractivity (Wildman–Crippen MR) is 71.0 cm³/mol. The molecule has 96 valence electrons. The van der Waals surface area contributed by atoms with Gasteiger partial charge in [0.15, 0.2) is 0 Å². The van der Waals surface area contributed by atoms with Gasteiger partial charge in [-0.05, 0) is 31.0 Å². The third kappa shape index (κ3) is 2.53. The van der Waals surface area contributed by atoms with Crippen LogP contribution < -0.4 is 11.3 Å². The zero-order chi connectivity index (χ0) is 13.1. The highest BCUT2D eigenvalue weighted by Crippen LogP contribution is 2.25. The zero-order valence-electron chi connectivity index (χ0n) is 10.4. The van der Waals surface area contributed by atoms with E-state index in [1.165, 1.54) is 0 Å². The van der Waals surface area contributed by atoms with E-state index in [1.54, 1.807) is 17.1 Å². The van der Waals surface area contributed by atoms with E-state index in [1.807, 2.05) is 26.1 Å². The van der Waals surface area contributed by atoms with Gasteiger partial charge < -0.3 is 0 Å². The molecule has 2 aromatic rings. The summed E-state index contributed by atoms with van der Waals surface area (Å²) in [6.45, 7) is 1.95. The molecule has 5 nitrogen and oxygen atoms in total. The number of hydrogen-bond donors (Lipinski definition) is 2. The predicted octanol–water partition coefficient (Wildman–Crippen LogP) is 1.52. The number of hydrogen-bond acceptors (Lipinski definition) is 4. The van der Waals surface area contributed by atoms with Crippen molar-refractivity contribution in [1.82, 2.24) is 20.2 Å². The summed E-state index contributed by atoms with van der Waals surface area (Å²) in [4.78, 5) is 4.00. The largest absolute Gasteiger partial charge is 0.271 e. The fourth-order valence-electron chi connectivity index (χ4n) is 1.98. The van der Waals surface area contributed by atoms with Crippen LogP contribution in [0.15, 0.2) is 24.5 Å². The number of nitrogens with zero attached hydrogens (tertiary/aromatic N) is 3. The van der Waals surface area contributed by atoms with Crippen molar-refractivity contribution in [3.63, 3.8) is 0 Å². The van der Waals surface area contributed by atoms with Crippen LogP contribution in [0, 0.1) is 6.92 Å². The average molecular weight is 266 g/mol. The van der Waals surface area contributed by atoms with Gasteiger partial charge in [0.1, 0.15) is 5.15 Å². The van der Waals surface area contributed by atoms with Crippen LogP contribution in [-0.2, 0) is 13.5 Å². The number of aromatic nitrogens is 3. The van der Waals surface area contributed by atoms with Crippen molar-refractivity contribution in [3.8, 4) is 0 Å². The van der Waals surface area contributed by atoms with Crippen LogP contribution in [0.2, 0.25) is 5.15 Å². The molecule has 0 radical (unpaired) electrons. The molecule has 2 rings (SSSR count). The van der Waals surface area contributed by atoms with Crippen LogP contribution in [0.1, 0.15) is 22.9 Å². The van der Waals surface area contributed by atoms with E-state index in [2.05, 4.69) is 15.5 Å². The first-order valence-electron chi connectivity index (χ1n) is 5.67. The Bertz CT molecular complexity index is 523. The number of nitrogens with two attached hydrogens (primary N) is 1. The minimum atomic E-state index is -0.00611. The molecule has 0 aliphatic carbocycles. The van der Waals surface area contributed by atoms with Crippen LogP contribution in [-0.4, -0.2) is 14.8 Å². The van der Waals surface area contributed by atoms with Gasteiger partial charge in [-0.25, -0.2) is 0 Å². The molecule has 0 saturated heterocycles. The summed E-state index contributed by atoms with van der Waals surface area (Å²) in [5.41, 5.74) is 5.82. The van der Waals surface area contributed by atoms with Crippen molar-refractivity contribution in [3.05, 3.63) is 46.5 Å². The lowest BCUT2D eigenvalue weighted by Gasteiger charge is -2.16. The monoisotopic (exact) mass is 265 g/mol. The Balaban J connectivity index is 2.26. The smallest absolute Gasteiger partial charge is 0.130 e. The lowest BCUT2D eigenvalue weighted by atomic mass is 10.0. The fourth-order valence-corrected chi connectivity index (χ4v) is 2.23. The van der Waals surface area contributed by atoms with E-state index < -0.39 is 0 Å². The first-order chi connectivity index (χ1) is 8.63. The summed E-state index contributed by atoms with van der Waals surface area (Å²) in [6, 6.07) is 3.86. The minimum absolute atomic E-state index is 0.00611. The van der Waals surface area contributed by atoms with Crippen LogP contribution in [0.5, 0.6) is 0 Å². The first-order valence-corrected chi connectivity index (χ1v) is 6.05. The average Bonchev–Trinajstić information content (AvgIpc) is 2.62. The van der Waals surface area contributed by atoms with Crippen LogP contribution in [0.4, 0.5) is 0 Å². The van der Waals surface area contributed by atoms with Crippen molar-refractivity contribution >= 4 is 11.6 Å². The molecule has 0 aliphatic rings. The molecule has 2 heterocycles. The number of pyridine rings is 1. The second kappa shape index (κ2) is 5.48. The van der Waals surface area contributed by atoms with E-state index in [0.29, 0.717) is 11.6 Å². The summed E-state index contributed by atoms with van der Waals surface area (Å²) in [6.07, 6.45) is 4.19. The van der Waals surface area contributed by atoms with Gasteiger partial charge in [0, 0.05) is 25.0 Å². The summed E-state index contributed by atoms with van der Waals surface area (Å²) < 4.78 is 1.67. The number of aryl methyl sites for hydroxylation is 2. The molecule has 0 amide bonds. The summed E-state index contributed by atoms with van der Waals surface area (Å²) >= 11 is 6.22. The standard InChI is InChI=1S/C12H16ClN5/c1-8-10(12(13)18(2)17-8)7-11(16-14)9-3-5-15-6-4-9/h3-6,11,16H,7,14H2,1-2H3. The van der Waals surface area contributed by atoms with Gasteiger partial charge in [-0.2, -0.15) is 5.10 Å². The Morgan fingerprint density at radius 1 is 1.44 bits per heavy atom. The Morgan fingerprint density at radius 2 is 2.11 bits per heavy atom. The molecule has 0 spiro atoms. The molecule has 0 saturated carbocycles. The Hall–Kier alpha value is -1.43. The van der Waals surface area contributed by atoms with E-state index in [9.17, 15) is 0 Å². The lowest BCUT2D eigenvalue weighted by molar-refractivity contribution is 0.550. The molecule has 0 aromatic carbocycles. The van der Waals surface area contributed by atoms with Crippen LogP contribution >= 0.6 is 11.6 Å². The van der Waals surface area contributed by atoms with Crippen LogP contribution in [0.3, 0.4) is 0 Å². The third-order valence-corrected chi connectivity index (χ3v) is 3.46. The van der Waals surface area contributed by atoms with Crippen molar-refractivity contribution in [2.45, 2.75) is 19.4 Å². The molecule has 1 atom stereocenters. The topological polar surface area (TPSA) is 68.8 Å². The highest BCUT2D eigenvalue weighted by atomic mass is 35.5. The number of rotatable bonds is 4. The van der Waals surface area contributed by atoms with Gasteiger partial charge in [-0.15, -0.1) is 0 Å². The zero-order valence-corrected chi connectivity index (χ0v) is 11.1. The maximum absolute atomic E-state index is 6.22. The molecule has 6 heteroatoms. The molecule has 0 aliphatic heterocycles. The van der Waals surface area contributed by atoms with Gasteiger partial charge in [-0.3, -0.25) is 20.9 Å². The quantitative estimate of drug-likeness (QED) is 0.650. The summed E-state index contributed by atoms with van der Waals surface area (Å²) in [5, 5.41) is 4.95. The molecule has 3 N–H and O–H groups in total. The van der Waals surface area contributed by atoms with Gasteiger partial charge in [0.25, 0.3) is 0 Å². The Morgan fingerprint density at radius 3 is 2.61 bits per heavy atom. The molecular weight excluding hydrogens is 250 g/mol. The first kappa shape index (κ1) is 13.0. The van der Waals surface area contributed by atoms with Gasteiger partial charge in [-0.1, -0.05) is 11.6 Å². The molecular formula is C12H16ClN5. The summed E-state index contributed by atoms with van der Waals surface area (Å²) in [5.74, 6) is 5.62. The van der Waals surface area contributed by atoms with Crippen molar-refractivity contribution in [2.75, 3.05) is 0 Å². The van der Waals surface area contributed by atoms with Gasteiger partial charge >= 0.3 is 0 Å². The molecule has 0 fully saturated rings. The normalized spacial score (nSPS) is 12.7. The SMILES string of the molecule is Cc1nn(C)c(Cl)c1CC(NN)c1ccncc1. The summed E-state index contributed by atoms with van der Waals surface area (Å²) in [7, 11) is 1.83. The van der Waals surface area contributed by atoms with Crippen molar-refractivity contribution < 1.29 is 0 Å². The Labute approximate surface area is 111 Å². The second-order valence-electron chi connectivity index (χ2n) is 4.18. The third-order valence-electron chi connectivity index (χ3n) is 2.99. The van der Waals surface area contributed by atoms with E-state index in [4.69, 9.17) is 17.4 Å². The van der Waals surface area contributed by atoms with Crippen LogP contribution in [0.25, 0.3) is 0 Å². The number of halogens is 1. The van der Waals surface area contributed by atoms with Gasteiger partial charge in [0.05, 0.1) is 11.7 Å². The highest BCUT2D eigenvalue weighted by molar-refractivity contribution is 6.30. The minimum Gasteiger partial charge on any atom is -0.271 e. The highest BCUT2D eigenvalue weighted by Gasteiger charge is 2.17. The number of nitrogens with one attached hydrogen (secondary N) is 1. The maximum Gasteiger partial charge on any atom is 0.130 e. The Kier molecular flexibility index (Phi) is 3.96. The van der Waals surface area contributed by atoms with Crippen molar-refractivity contribution in [1.29, 1.82) is 0 Å². The lowest BCUT2D eigenvalue weighted by Crippen LogP contribution is -2.29. The van der Waals surface area contributed by atoms with E-state index >= 15 is 0 Å². The molecule has 1 unspecified atom stereocenters. The molecule has 0 bridgehead atoms. The maximum atomic E-state index is 6.22. The fraction of sp³-hybridized carbons (Fsp3) is 0.333. The van der Waals surface area contributed by atoms with E-state index in [-0.39, 0.29) is 6.04 Å². The molecule has 18 heavy (non-hydrogen) atoms. The number of hydrazine groups is 1. The van der Waals surface area contributed by atoms with Gasteiger partial charge in [0.2, 0.25) is 0 Å².